The van der Waals surface area contributed by atoms with E-state index in [2.05, 4.69) is 32.0 Å². The van der Waals surface area contributed by atoms with Crippen LogP contribution in [0, 0.1) is 0 Å². The number of fused-ring (bicyclic) bond motifs is 1. The number of carbonyl (C=O) groups is 2. The molecule has 0 bridgehead atoms. The summed E-state index contributed by atoms with van der Waals surface area (Å²) in [5.74, 6) is -0.349. The van der Waals surface area contributed by atoms with Crippen molar-refractivity contribution in [3.8, 4) is 11.5 Å². The lowest BCUT2D eigenvalue weighted by molar-refractivity contribution is 0.0730. The van der Waals surface area contributed by atoms with Crippen molar-refractivity contribution in [1.82, 2.24) is 0 Å². The van der Waals surface area contributed by atoms with E-state index in [0.717, 1.165) is 30.0 Å². The van der Waals surface area contributed by atoms with Crippen LogP contribution in [0.15, 0.2) is 78.9 Å². The second-order valence-electron chi connectivity index (χ2n) is 10.2. The topological polar surface area (TPSA) is 52.6 Å². The first-order chi connectivity index (χ1) is 19.5. The van der Waals surface area contributed by atoms with Crippen molar-refractivity contribution < 1.29 is 19.1 Å². The van der Waals surface area contributed by atoms with Crippen LogP contribution in [0.4, 0.5) is 0 Å². The van der Waals surface area contributed by atoms with Gasteiger partial charge in [-0.3, -0.25) is 0 Å². The SMILES string of the molecule is CCCCCCc1ccc2cc(C(=O)Oc3ccc(C(=O)Oc4ccc(CCCCC)cc4)c(Cl)c3)ccc2c1. The Morgan fingerprint density at radius 2 is 1.20 bits per heavy atom. The molecule has 0 atom stereocenters. The van der Waals surface area contributed by atoms with Crippen LogP contribution >= 0.6 is 11.6 Å². The van der Waals surface area contributed by atoms with Crippen LogP contribution in [-0.2, 0) is 12.8 Å². The molecule has 0 aromatic heterocycles. The van der Waals surface area contributed by atoms with Crippen molar-refractivity contribution in [1.29, 1.82) is 0 Å². The van der Waals surface area contributed by atoms with Gasteiger partial charge in [0, 0.05) is 6.07 Å². The Kier molecular flexibility index (Phi) is 10.8. The lowest BCUT2D eigenvalue weighted by atomic mass is 10.0. The molecule has 208 valence electrons. The molecule has 0 aliphatic rings. The van der Waals surface area contributed by atoms with Gasteiger partial charge >= 0.3 is 11.9 Å². The molecule has 0 spiro atoms. The molecule has 0 aliphatic carbocycles. The smallest absolute Gasteiger partial charge is 0.345 e. The predicted molar refractivity (Wildman–Crippen MR) is 163 cm³/mol. The predicted octanol–water partition coefficient (Wildman–Crippen LogP) is 9.79. The maximum atomic E-state index is 12.9. The fourth-order valence-electron chi connectivity index (χ4n) is 4.69. The second-order valence-corrected chi connectivity index (χ2v) is 10.6. The molecule has 40 heavy (non-hydrogen) atoms. The monoisotopic (exact) mass is 556 g/mol. The molecule has 4 aromatic carbocycles. The van der Waals surface area contributed by atoms with Gasteiger partial charge in [0.2, 0.25) is 0 Å². The molecule has 5 heteroatoms. The summed E-state index contributed by atoms with van der Waals surface area (Å²) in [6.45, 7) is 4.40. The summed E-state index contributed by atoms with van der Waals surface area (Å²) in [6.07, 6.45) is 10.5. The standard InChI is InChI=1S/C35H37ClO4/c1-3-5-7-9-11-26-12-15-28-23-29(17-16-27(28)22-26)34(37)40-31-20-21-32(33(36)24-31)35(38)39-30-18-13-25(14-19-30)10-8-6-4-2/h12-24H,3-11H2,1-2H3. The van der Waals surface area contributed by atoms with E-state index >= 15 is 0 Å². The summed E-state index contributed by atoms with van der Waals surface area (Å²) >= 11 is 6.37. The molecule has 0 radical (unpaired) electrons. The molecule has 0 saturated carbocycles. The first kappa shape index (κ1) is 29.4. The van der Waals surface area contributed by atoms with E-state index in [9.17, 15) is 9.59 Å². The Hall–Kier alpha value is -3.63. The zero-order chi connectivity index (χ0) is 28.3. The zero-order valence-corrected chi connectivity index (χ0v) is 24.1. The molecule has 0 aliphatic heterocycles. The van der Waals surface area contributed by atoms with Crippen molar-refractivity contribution >= 4 is 34.3 Å². The largest absolute Gasteiger partial charge is 0.423 e. The van der Waals surface area contributed by atoms with Gasteiger partial charge in [0.15, 0.2) is 0 Å². The number of benzene rings is 4. The molecule has 0 saturated heterocycles. The third-order valence-corrected chi connectivity index (χ3v) is 7.35. The summed E-state index contributed by atoms with van der Waals surface area (Å²) in [7, 11) is 0. The number of ether oxygens (including phenoxy) is 2. The Morgan fingerprint density at radius 1 is 0.600 bits per heavy atom. The van der Waals surface area contributed by atoms with Crippen LogP contribution in [0.25, 0.3) is 10.8 Å². The van der Waals surface area contributed by atoms with Gasteiger partial charge in [0.25, 0.3) is 0 Å². The van der Waals surface area contributed by atoms with Crippen LogP contribution in [0.1, 0.15) is 90.6 Å². The van der Waals surface area contributed by atoms with Crippen molar-refractivity contribution in [3.05, 3.63) is 106 Å². The molecular formula is C35H37ClO4. The quantitative estimate of drug-likeness (QED) is 0.0933. The average molecular weight is 557 g/mol. The van der Waals surface area contributed by atoms with Crippen LogP contribution < -0.4 is 9.47 Å². The summed E-state index contributed by atoms with van der Waals surface area (Å²) in [4.78, 5) is 25.6. The fourth-order valence-corrected chi connectivity index (χ4v) is 4.94. The minimum absolute atomic E-state index is 0.150. The van der Waals surface area contributed by atoms with Gasteiger partial charge in [0.05, 0.1) is 16.1 Å². The highest BCUT2D eigenvalue weighted by atomic mass is 35.5. The minimum atomic E-state index is -0.569. The van der Waals surface area contributed by atoms with E-state index in [0.29, 0.717) is 11.3 Å². The van der Waals surface area contributed by atoms with Crippen molar-refractivity contribution in [3.63, 3.8) is 0 Å². The van der Waals surface area contributed by atoms with Gasteiger partial charge in [-0.15, -0.1) is 0 Å². The summed E-state index contributed by atoms with van der Waals surface area (Å²) in [5, 5.41) is 2.23. The van der Waals surface area contributed by atoms with Crippen molar-refractivity contribution in [2.24, 2.45) is 0 Å². The van der Waals surface area contributed by atoms with Gasteiger partial charge in [-0.25, -0.2) is 9.59 Å². The number of carbonyl (C=O) groups excluding carboxylic acids is 2. The van der Waals surface area contributed by atoms with E-state index < -0.39 is 11.9 Å². The Morgan fingerprint density at radius 3 is 1.95 bits per heavy atom. The van der Waals surface area contributed by atoms with Gasteiger partial charge in [-0.2, -0.15) is 0 Å². The van der Waals surface area contributed by atoms with Crippen LogP contribution in [0.5, 0.6) is 11.5 Å². The maximum Gasteiger partial charge on any atom is 0.345 e. The lowest BCUT2D eigenvalue weighted by Gasteiger charge is -2.10. The molecule has 0 N–H and O–H groups in total. The van der Waals surface area contributed by atoms with E-state index in [1.807, 2.05) is 24.3 Å². The summed E-state index contributed by atoms with van der Waals surface area (Å²) < 4.78 is 11.1. The number of halogens is 1. The van der Waals surface area contributed by atoms with Gasteiger partial charge in [-0.1, -0.05) is 94.0 Å². The summed E-state index contributed by atoms with van der Waals surface area (Å²) in [6, 6.07) is 24.0. The lowest BCUT2D eigenvalue weighted by Crippen LogP contribution is -2.11. The first-order valence-corrected chi connectivity index (χ1v) is 14.7. The van der Waals surface area contributed by atoms with Crippen LogP contribution in [0.2, 0.25) is 5.02 Å². The molecule has 4 rings (SSSR count). The van der Waals surface area contributed by atoms with E-state index in [1.165, 1.54) is 61.8 Å². The molecule has 4 nitrogen and oxygen atoms in total. The van der Waals surface area contributed by atoms with Gasteiger partial charge < -0.3 is 9.47 Å². The number of rotatable bonds is 13. The van der Waals surface area contributed by atoms with Gasteiger partial charge in [0.1, 0.15) is 11.5 Å². The molecule has 0 unspecified atom stereocenters. The molecule has 0 amide bonds. The van der Waals surface area contributed by atoms with E-state index in [-0.39, 0.29) is 16.3 Å². The molecule has 0 fully saturated rings. The highest BCUT2D eigenvalue weighted by Gasteiger charge is 2.16. The maximum absolute atomic E-state index is 12.9. The Labute approximate surface area is 242 Å². The fraction of sp³-hybridized carbons (Fsp3) is 0.314. The second kappa shape index (κ2) is 14.7. The number of aryl methyl sites for hydroxylation is 2. The Bertz CT molecular complexity index is 1440. The molecule has 4 aromatic rings. The molecule has 0 heterocycles. The van der Waals surface area contributed by atoms with Crippen molar-refractivity contribution in [2.45, 2.75) is 71.6 Å². The molecular weight excluding hydrogens is 520 g/mol. The number of hydrogen-bond donors (Lipinski definition) is 0. The summed E-state index contributed by atoms with van der Waals surface area (Å²) in [5.41, 5.74) is 3.17. The normalized spacial score (nSPS) is 11.0. The van der Waals surface area contributed by atoms with Crippen LogP contribution in [-0.4, -0.2) is 11.9 Å². The van der Waals surface area contributed by atoms with E-state index in [4.69, 9.17) is 21.1 Å². The highest BCUT2D eigenvalue weighted by Crippen LogP contribution is 2.26. The third-order valence-electron chi connectivity index (χ3n) is 7.03. The van der Waals surface area contributed by atoms with Gasteiger partial charge in [-0.05, 0) is 84.0 Å². The van der Waals surface area contributed by atoms with Crippen molar-refractivity contribution in [2.75, 3.05) is 0 Å². The number of esters is 2. The first-order valence-electron chi connectivity index (χ1n) is 14.3. The zero-order valence-electron chi connectivity index (χ0n) is 23.4. The Balaban J connectivity index is 1.35. The highest BCUT2D eigenvalue weighted by molar-refractivity contribution is 6.33. The number of unbranched alkanes of at least 4 members (excludes halogenated alkanes) is 5. The van der Waals surface area contributed by atoms with E-state index in [1.54, 1.807) is 24.3 Å². The minimum Gasteiger partial charge on any atom is -0.423 e. The van der Waals surface area contributed by atoms with Crippen LogP contribution in [0.3, 0.4) is 0 Å². The third kappa shape index (κ3) is 8.19. The number of hydrogen-bond acceptors (Lipinski definition) is 4. The average Bonchev–Trinajstić information content (AvgIpc) is 2.96.